The first-order chi connectivity index (χ1) is 14.8. The van der Waals surface area contributed by atoms with Gasteiger partial charge in [-0.2, -0.15) is 0 Å². The highest BCUT2D eigenvalue weighted by Crippen LogP contribution is 2.21. The highest BCUT2D eigenvalue weighted by Gasteiger charge is 2.14. The van der Waals surface area contributed by atoms with Gasteiger partial charge in [0.2, 0.25) is 0 Å². The van der Waals surface area contributed by atoms with Crippen molar-refractivity contribution >= 4 is 49.7 Å². The van der Waals surface area contributed by atoms with Crippen LogP contribution in [-0.2, 0) is 6.42 Å². The Hall–Kier alpha value is -2.97. The zero-order chi connectivity index (χ0) is 22.1. The van der Waals surface area contributed by atoms with Crippen molar-refractivity contribution in [3.05, 3.63) is 98.5 Å². The number of halogens is 3. The number of fused-ring (bicyclic) bond motifs is 1. The molecule has 0 aliphatic rings. The lowest BCUT2D eigenvalue weighted by molar-refractivity contribution is 0.621. The Kier molecular flexibility index (Phi) is 5.93. The van der Waals surface area contributed by atoms with Gasteiger partial charge in [0.25, 0.3) is 5.56 Å². The van der Waals surface area contributed by atoms with Crippen molar-refractivity contribution in [2.75, 3.05) is 5.32 Å². The highest BCUT2D eigenvalue weighted by atomic mass is 79.9. The summed E-state index contributed by atoms with van der Waals surface area (Å²) in [6.45, 7) is 1.71. The molecular weight excluding hydrogens is 484 g/mol. The largest absolute Gasteiger partial charge is 0.350 e. The molecule has 4 rings (SSSR count). The fourth-order valence-corrected chi connectivity index (χ4v) is 4.04. The van der Waals surface area contributed by atoms with Gasteiger partial charge in [-0.15, -0.1) is 0 Å². The quantitative estimate of drug-likeness (QED) is 0.365. The molecule has 1 heterocycles. The second-order valence-corrected chi connectivity index (χ2v) is 8.30. The second-order valence-electron chi connectivity index (χ2n) is 6.96. The molecule has 156 valence electrons. The van der Waals surface area contributed by atoms with E-state index in [1.165, 1.54) is 22.8 Å². The number of hydrogen-bond acceptors (Lipinski definition) is 3. The van der Waals surface area contributed by atoms with Gasteiger partial charge in [0, 0.05) is 12.1 Å². The van der Waals surface area contributed by atoms with Crippen LogP contribution in [0.5, 0.6) is 0 Å². The molecule has 0 radical (unpaired) electrons. The Morgan fingerprint density at radius 2 is 1.87 bits per heavy atom. The number of aryl methyl sites for hydroxylation is 1. The van der Waals surface area contributed by atoms with E-state index in [1.807, 2.05) is 12.1 Å². The summed E-state index contributed by atoms with van der Waals surface area (Å²) < 4.78 is 29.4. The maximum absolute atomic E-state index is 14.3. The smallest absolute Gasteiger partial charge is 0.268 e. The van der Waals surface area contributed by atoms with Crippen molar-refractivity contribution < 1.29 is 8.78 Å². The maximum Gasteiger partial charge on any atom is 0.268 e. The van der Waals surface area contributed by atoms with Crippen LogP contribution < -0.4 is 10.9 Å². The number of hydrogen-bond donors (Lipinski definition) is 1. The van der Waals surface area contributed by atoms with E-state index < -0.39 is 11.4 Å². The third kappa shape index (κ3) is 4.40. The molecule has 8 heteroatoms. The molecule has 0 saturated heterocycles. The standard InChI is InChI=1S/C23H16BrF2N3OS/c1-13-27-20-7-3-6-19(26)22(20)23(30)29(13)16-5-2-4-14(10-16)11-21(31)28-15-8-9-18(25)17(24)12-15/h2-10,12H,11H2,1H3,(H,28,31). The van der Waals surface area contributed by atoms with Crippen LogP contribution in [0.1, 0.15) is 11.4 Å². The van der Waals surface area contributed by atoms with Crippen molar-refractivity contribution in [1.82, 2.24) is 9.55 Å². The SMILES string of the molecule is Cc1nc2cccc(F)c2c(=O)n1-c1cccc(CC(=S)Nc2ccc(F)c(Br)c2)c1. The van der Waals surface area contributed by atoms with Gasteiger partial charge in [-0.1, -0.05) is 30.4 Å². The van der Waals surface area contributed by atoms with Crippen LogP contribution in [0.2, 0.25) is 0 Å². The van der Waals surface area contributed by atoms with Crippen molar-refractivity contribution in [3.8, 4) is 5.69 Å². The number of nitrogens with one attached hydrogen (secondary N) is 1. The average molecular weight is 500 g/mol. The predicted octanol–water partition coefficient (Wildman–Crippen LogP) is 5.72. The number of nitrogens with zero attached hydrogens (tertiary/aromatic N) is 2. The molecule has 0 aliphatic carbocycles. The number of anilines is 1. The minimum Gasteiger partial charge on any atom is -0.350 e. The van der Waals surface area contributed by atoms with Gasteiger partial charge >= 0.3 is 0 Å². The summed E-state index contributed by atoms with van der Waals surface area (Å²) in [6.07, 6.45) is 0.404. The fourth-order valence-electron chi connectivity index (χ4n) is 3.37. The molecule has 0 spiro atoms. The summed E-state index contributed by atoms with van der Waals surface area (Å²) in [6, 6.07) is 16.2. The monoisotopic (exact) mass is 499 g/mol. The summed E-state index contributed by atoms with van der Waals surface area (Å²) in [5, 5.41) is 3.03. The summed E-state index contributed by atoms with van der Waals surface area (Å²) in [5.41, 5.74) is 1.96. The Morgan fingerprint density at radius 3 is 2.65 bits per heavy atom. The van der Waals surface area contributed by atoms with Crippen molar-refractivity contribution in [1.29, 1.82) is 0 Å². The molecule has 0 bridgehead atoms. The van der Waals surface area contributed by atoms with Crippen LogP contribution in [-0.4, -0.2) is 14.5 Å². The minimum atomic E-state index is -0.601. The minimum absolute atomic E-state index is 0.0439. The first kappa shape index (κ1) is 21.3. The number of thiocarbonyl (C=S) groups is 1. The molecule has 0 amide bonds. The van der Waals surface area contributed by atoms with E-state index in [-0.39, 0.29) is 11.2 Å². The van der Waals surface area contributed by atoms with Crippen LogP contribution in [0, 0.1) is 18.6 Å². The van der Waals surface area contributed by atoms with Crippen LogP contribution in [0.25, 0.3) is 16.6 Å². The van der Waals surface area contributed by atoms with E-state index in [4.69, 9.17) is 12.2 Å². The normalized spacial score (nSPS) is 11.0. The summed E-state index contributed by atoms with van der Waals surface area (Å²) in [7, 11) is 0. The van der Waals surface area contributed by atoms with Crippen LogP contribution in [0.4, 0.5) is 14.5 Å². The molecule has 4 aromatic rings. The summed E-state index contributed by atoms with van der Waals surface area (Å²) in [4.78, 5) is 17.9. The van der Waals surface area contributed by atoms with Crippen LogP contribution >= 0.6 is 28.1 Å². The zero-order valence-corrected chi connectivity index (χ0v) is 18.7. The Balaban J connectivity index is 1.64. The van der Waals surface area contributed by atoms with E-state index in [0.717, 1.165) is 5.56 Å². The summed E-state index contributed by atoms with van der Waals surface area (Å²) in [5.74, 6) is -0.502. The van der Waals surface area contributed by atoms with Crippen molar-refractivity contribution in [3.63, 3.8) is 0 Å². The number of aromatic nitrogens is 2. The van der Waals surface area contributed by atoms with Crippen molar-refractivity contribution in [2.24, 2.45) is 0 Å². The topological polar surface area (TPSA) is 46.9 Å². The van der Waals surface area contributed by atoms with Gasteiger partial charge in [-0.25, -0.2) is 13.8 Å². The molecule has 1 aromatic heterocycles. The molecular formula is C23H16BrF2N3OS. The molecule has 0 atom stereocenters. The van der Waals surface area contributed by atoms with E-state index in [2.05, 4.69) is 26.2 Å². The first-order valence-corrected chi connectivity index (χ1v) is 10.6. The Labute approximate surface area is 190 Å². The fraction of sp³-hybridized carbons (Fsp3) is 0.0870. The van der Waals surface area contributed by atoms with Gasteiger partial charge in [0.05, 0.1) is 20.7 Å². The first-order valence-electron chi connectivity index (χ1n) is 9.35. The third-order valence-electron chi connectivity index (χ3n) is 4.75. The molecule has 31 heavy (non-hydrogen) atoms. The van der Waals surface area contributed by atoms with Gasteiger partial charge in [-0.3, -0.25) is 9.36 Å². The lowest BCUT2D eigenvalue weighted by Gasteiger charge is -2.13. The van der Waals surface area contributed by atoms with Crippen LogP contribution in [0.3, 0.4) is 0 Å². The molecule has 1 N–H and O–H groups in total. The van der Waals surface area contributed by atoms with Gasteiger partial charge in [0.1, 0.15) is 22.8 Å². The van der Waals surface area contributed by atoms with E-state index in [0.29, 0.717) is 38.6 Å². The van der Waals surface area contributed by atoms with Gasteiger partial charge in [0.15, 0.2) is 0 Å². The molecule has 0 saturated carbocycles. The number of rotatable bonds is 4. The van der Waals surface area contributed by atoms with E-state index >= 15 is 0 Å². The van der Waals surface area contributed by atoms with E-state index in [1.54, 1.807) is 37.3 Å². The zero-order valence-electron chi connectivity index (χ0n) is 16.3. The lowest BCUT2D eigenvalue weighted by Crippen LogP contribution is -2.23. The van der Waals surface area contributed by atoms with Crippen molar-refractivity contribution in [2.45, 2.75) is 13.3 Å². The second kappa shape index (κ2) is 8.64. The third-order valence-corrected chi connectivity index (χ3v) is 5.61. The Bertz CT molecular complexity index is 1390. The summed E-state index contributed by atoms with van der Waals surface area (Å²) >= 11 is 8.59. The molecule has 0 unspecified atom stereocenters. The Morgan fingerprint density at radius 1 is 1.10 bits per heavy atom. The predicted molar refractivity (Wildman–Crippen MR) is 126 cm³/mol. The maximum atomic E-state index is 14.3. The molecule has 0 aliphatic heterocycles. The van der Waals surface area contributed by atoms with Gasteiger partial charge < -0.3 is 5.32 Å². The van der Waals surface area contributed by atoms with E-state index in [9.17, 15) is 13.6 Å². The van der Waals surface area contributed by atoms with Gasteiger partial charge in [-0.05, 0) is 70.9 Å². The highest BCUT2D eigenvalue weighted by molar-refractivity contribution is 9.10. The molecule has 0 fully saturated rings. The lowest BCUT2D eigenvalue weighted by atomic mass is 10.1. The number of benzene rings is 3. The van der Waals surface area contributed by atoms with Crippen LogP contribution in [0.15, 0.2) is 69.9 Å². The average Bonchev–Trinajstić information content (AvgIpc) is 2.71. The molecule has 3 aromatic carbocycles. The molecule has 4 nitrogen and oxygen atoms in total.